The van der Waals surface area contributed by atoms with Crippen molar-refractivity contribution < 1.29 is 27.4 Å². The molecule has 4 nitrogen and oxygen atoms in total. The quantitative estimate of drug-likeness (QED) is 0.762. The molecule has 1 aromatic heterocycles. The zero-order valence-corrected chi connectivity index (χ0v) is 9.24. The van der Waals surface area contributed by atoms with Crippen LogP contribution in [0.2, 0.25) is 0 Å². The highest BCUT2D eigenvalue weighted by atomic mass is 32.1. The van der Waals surface area contributed by atoms with Crippen molar-refractivity contribution in [3.05, 3.63) is 10.7 Å². The summed E-state index contributed by atoms with van der Waals surface area (Å²) in [7, 11) is 0. The third-order valence-electron chi connectivity index (χ3n) is 1.41. The van der Waals surface area contributed by atoms with Gasteiger partial charge in [0.05, 0.1) is 11.6 Å². The monoisotopic (exact) mass is 255 g/mol. The number of rotatable bonds is 2. The third-order valence-corrected chi connectivity index (χ3v) is 2.26. The third kappa shape index (κ3) is 3.09. The second-order valence-electron chi connectivity index (χ2n) is 2.65. The maximum Gasteiger partial charge on any atom is 0.514 e. The fourth-order valence-corrected chi connectivity index (χ4v) is 1.65. The Labute approximate surface area is 93.0 Å². The fraction of sp³-hybridized carbons (Fsp3) is 0.500. The Morgan fingerprint density at radius 1 is 1.50 bits per heavy atom. The number of alkyl halides is 3. The predicted octanol–water partition coefficient (Wildman–Crippen LogP) is 3.01. The average Bonchev–Trinajstić information content (AvgIpc) is 2.46. The molecule has 0 fully saturated rings. The Kier molecular flexibility index (Phi) is 3.74. The molecule has 1 rings (SSSR count). The molecule has 1 aromatic rings. The van der Waals surface area contributed by atoms with Gasteiger partial charge >= 0.3 is 12.3 Å². The summed E-state index contributed by atoms with van der Waals surface area (Å²) >= 11 is 0.641. The average molecular weight is 255 g/mol. The van der Waals surface area contributed by atoms with E-state index in [1.807, 2.05) is 0 Å². The molecule has 8 heteroatoms. The summed E-state index contributed by atoms with van der Waals surface area (Å²) in [6, 6.07) is 0. The highest BCUT2D eigenvalue weighted by Crippen LogP contribution is 2.39. The van der Waals surface area contributed by atoms with Gasteiger partial charge in [0.1, 0.15) is 0 Å². The first kappa shape index (κ1) is 12.8. The molecule has 0 unspecified atom stereocenters. The van der Waals surface area contributed by atoms with Gasteiger partial charge in [0.15, 0.2) is 5.69 Å². The van der Waals surface area contributed by atoms with Crippen LogP contribution in [0.1, 0.15) is 17.6 Å². The second kappa shape index (κ2) is 4.69. The number of carbonyl (C=O) groups excluding carboxylic acids is 1. The van der Waals surface area contributed by atoms with E-state index < -0.39 is 23.1 Å². The summed E-state index contributed by atoms with van der Waals surface area (Å²) < 4.78 is 46.0. The number of aryl methyl sites for hydroxylation is 1. The summed E-state index contributed by atoms with van der Waals surface area (Å²) in [5, 5.41) is -0.435. The first-order valence-corrected chi connectivity index (χ1v) is 5.05. The lowest BCUT2D eigenvalue weighted by atomic mass is 10.5. The van der Waals surface area contributed by atoms with Gasteiger partial charge in [-0.2, -0.15) is 13.2 Å². The highest BCUT2D eigenvalue weighted by Gasteiger charge is 2.39. The number of aromatic nitrogens is 1. The summed E-state index contributed by atoms with van der Waals surface area (Å²) in [5.41, 5.74) is -1.21. The Morgan fingerprint density at radius 3 is 2.62 bits per heavy atom. The van der Waals surface area contributed by atoms with E-state index in [1.54, 1.807) is 0 Å². The summed E-state index contributed by atoms with van der Waals surface area (Å²) in [4.78, 5) is 14.1. The molecule has 0 radical (unpaired) electrons. The lowest BCUT2D eigenvalue weighted by Crippen LogP contribution is -2.13. The van der Waals surface area contributed by atoms with Crippen molar-refractivity contribution in [2.24, 2.45) is 0 Å². The van der Waals surface area contributed by atoms with Gasteiger partial charge in [-0.1, -0.05) is 11.3 Å². The smallest absolute Gasteiger partial charge is 0.434 e. The van der Waals surface area contributed by atoms with Gasteiger partial charge in [-0.05, 0) is 13.8 Å². The van der Waals surface area contributed by atoms with Crippen molar-refractivity contribution in [3.63, 3.8) is 0 Å². The van der Waals surface area contributed by atoms with Gasteiger partial charge in [0.2, 0.25) is 5.06 Å². The molecule has 0 aliphatic carbocycles. The number of nitrogens with zero attached hydrogens (tertiary/aromatic N) is 1. The first-order chi connectivity index (χ1) is 7.34. The van der Waals surface area contributed by atoms with E-state index in [0.29, 0.717) is 11.3 Å². The normalized spacial score (nSPS) is 11.3. The van der Waals surface area contributed by atoms with Crippen LogP contribution in [0.5, 0.6) is 5.06 Å². The number of thiazole rings is 1. The van der Waals surface area contributed by atoms with Crippen molar-refractivity contribution in [1.82, 2.24) is 4.98 Å². The molecular formula is C8H8F3NO3S. The molecule has 16 heavy (non-hydrogen) atoms. The van der Waals surface area contributed by atoms with Gasteiger partial charge < -0.3 is 9.47 Å². The van der Waals surface area contributed by atoms with E-state index in [2.05, 4.69) is 14.5 Å². The van der Waals surface area contributed by atoms with Crippen LogP contribution in [0, 0.1) is 6.92 Å². The minimum absolute atomic E-state index is 0.0258. The maximum atomic E-state index is 12.4. The number of halogens is 3. The van der Waals surface area contributed by atoms with E-state index >= 15 is 0 Å². The summed E-state index contributed by atoms with van der Waals surface area (Å²) in [6.07, 6.45) is -5.82. The van der Waals surface area contributed by atoms with E-state index in [-0.39, 0.29) is 11.6 Å². The van der Waals surface area contributed by atoms with E-state index in [0.717, 1.165) is 0 Å². The first-order valence-electron chi connectivity index (χ1n) is 4.23. The summed E-state index contributed by atoms with van der Waals surface area (Å²) in [5.74, 6) is 0. The summed E-state index contributed by atoms with van der Waals surface area (Å²) in [6.45, 7) is 2.93. The molecule has 0 spiro atoms. The Bertz CT molecular complexity index is 388. The van der Waals surface area contributed by atoms with Crippen LogP contribution >= 0.6 is 11.3 Å². The molecule has 0 aliphatic heterocycles. The van der Waals surface area contributed by atoms with E-state index in [9.17, 15) is 18.0 Å². The number of ether oxygens (including phenoxy) is 2. The molecule has 0 aromatic carbocycles. The topological polar surface area (TPSA) is 48.4 Å². The molecule has 0 bridgehead atoms. The molecule has 0 aliphatic rings. The Hall–Kier alpha value is -1.31. The highest BCUT2D eigenvalue weighted by molar-refractivity contribution is 7.13. The van der Waals surface area contributed by atoms with Gasteiger partial charge in [-0.3, -0.25) is 0 Å². The van der Waals surface area contributed by atoms with E-state index in [4.69, 9.17) is 0 Å². The predicted molar refractivity (Wildman–Crippen MR) is 49.5 cm³/mol. The molecule has 0 atom stereocenters. The molecule has 0 saturated carbocycles. The molecule has 0 saturated heterocycles. The van der Waals surface area contributed by atoms with Crippen LogP contribution in [0.25, 0.3) is 0 Å². The Morgan fingerprint density at radius 2 is 2.12 bits per heavy atom. The van der Waals surface area contributed by atoms with Crippen molar-refractivity contribution in [3.8, 4) is 5.06 Å². The van der Waals surface area contributed by atoms with Gasteiger partial charge in [-0.15, -0.1) is 0 Å². The van der Waals surface area contributed by atoms with Crippen LogP contribution < -0.4 is 4.74 Å². The molecule has 1 heterocycles. The van der Waals surface area contributed by atoms with Crippen LogP contribution in [-0.2, 0) is 10.9 Å². The van der Waals surface area contributed by atoms with Crippen molar-refractivity contribution in [2.45, 2.75) is 20.0 Å². The molecule has 0 N–H and O–H groups in total. The van der Waals surface area contributed by atoms with Crippen LogP contribution in [0.4, 0.5) is 18.0 Å². The lowest BCUT2D eigenvalue weighted by Gasteiger charge is -2.05. The lowest BCUT2D eigenvalue weighted by molar-refractivity contribution is -0.141. The van der Waals surface area contributed by atoms with Crippen LogP contribution in [0.15, 0.2) is 0 Å². The molecule has 90 valence electrons. The number of hydrogen-bond acceptors (Lipinski definition) is 5. The largest absolute Gasteiger partial charge is 0.514 e. The van der Waals surface area contributed by atoms with Crippen LogP contribution in [0.3, 0.4) is 0 Å². The number of carbonyl (C=O) groups is 1. The van der Waals surface area contributed by atoms with Gasteiger partial charge in [-0.25, -0.2) is 9.78 Å². The van der Waals surface area contributed by atoms with Gasteiger partial charge in [0.25, 0.3) is 0 Å². The zero-order chi connectivity index (χ0) is 12.3. The minimum atomic E-state index is -4.65. The SMILES string of the molecule is CCOC(=O)Oc1sc(C)nc1C(F)(F)F. The van der Waals surface area contributed by atoms with Crippen molar-refractivity contribution in [1.29, 1.82) is 0 Å². The standard InChI is InChI=1S/C8H8F3NO3S/c1-3-14-7(13)15-6-5(8(9,10)11)12-4(2)16-6/h3H2,1-2H3. The van der Waals surface area contributed by atoms with Gasteiger partial charge in [0, 0.05) is 0 Å². The Balaban J connectivity index is 2.91. The fourth-order valence-electron chi connectivity index (χ4n) is 0.880. The van der Waals surface area contributed by atoms with Crippen molar-refractivity contribution in [2.75, 3.05) is 6.61 Å². The van der Waals surface area contributed by atoms with Crippen LogP contribution in [-0.4, -0.2) is 17.7 Å². The van der Waals surface area contributed by atoms with E-state index in [1.165, 1.54) is 13.8 Å². The zero-order valence-electron chi connectivity index (χ0n) is 8.42. The maximum absolute atomic E-state index is 12.4. The minimum Gasteiger partial charge on any atom is -0.434 e. The second-order valence-corrected chi connectivity index (χ2v) is 3.82. The molecule has 0 amide bonds. The van der Waals surface area contributed by atoms with Crippen molar-refractivity contribution >= 4 is 17.5 Å². The number of hydrogen-bond donors (Lipinski definition) is 0. The molecular weight excluding hydrogens is 247 g/mol.